The van der Waals surface area contributed by atoms with Gasteiger partial charge in [-0.25, -0.2) is 9.37 Å². The van der Waals surface area contributed by atoms with Crippen LogP contribution in [-0.2, 0) is 0 Å². The van der Waals surface area contributed by atoms with Crippen molar-refractivity contribution in [2.45, 2.75) is 6.92 Å². The minimum Gasteiger partial charge on any atom is -0.383 e. The molecule has 0 bridgehead atoms. The average Bonchev–Trinajstić information content (AvgIpc) is 2.51. The number of nitrogens with zero attached hydrogens (tertiary/aromatic N) is 3. The first-order valence-corrected chi connectivity index (χ1v) is 7.11. The molecular formula is C16H19FN4. The van der Waals surface area contributed by atoms with Crippen molar-refractivity contribution in [3.05, 3.63) is 47.9 Å². The Bertz CT molecular complexity index is 619. The number of nitrogen functional groups attached to an aromatic ring is 1. The van der Waals surface area contributed by atoms with E-state index in [0.29, 0.717) is 5.82 Å². The van der Waals surface area contributed by atoms with E-state index in [2.05, 4.69) is 20.9 Å². The number of nitrogens with two attached hydrogens (primary N) is 1. The van der Waals surface area contributed by atoms with Crippen molar-refractivity contribution in [3.63, 3.8) is 0 Å². The lowest BCUT2D eigenvalue weighted by Crippen LogP contribution is -2.46. The summed E-state index contributed by atoms with van der Waals surface area (Å²) in [7, 11) is 0. The van der Waals surface area contributed by atoms with Gasteiger partial charge in [0.15, 0.2) is 0 Å². The topological polar surface area (TPSA) is 45.4 Å². The first kappa shape index (κ1) is 13.7. The van der Waals surface area contributed by atoms with Gasteiger partial charge in [0.2, 0.25) is 0 Å². The van der Waals surface area contributed by atoms with Crippen LogP contribution in [0.15, 0.2) is 36.5 Å². The third-order valence-corrected chi connectivity index (χ3v) is 3.94. The van der Waals surface area contributed by atoms with E-state index < -0.39 is 0 Å². The lowest BCUT2D eigenvalue weighted by atomic mass is 10.2. The van der Waals surface area contributed by atoms with E-state index in [1.165, 1.54) is 12.1 Å². The Morgan fingerprint density at radius 2 is 1.57 bits per heavy atom. The Morgan fingerprint density at radius 1 is 1.00 bits per heavy atom. The van der Waals surface area contributed by atoms with Gasteiger partial charge in [-0.2, -0.15) is 0 Å². The molecule has 0 unspecified atom stereocenters. The predicted molar refractivity (Wildman–Crippen MR) is 84.2 cm³/mol. The van der Waals surface area contributed by atoms with Crippen LogP contribution in [0, 0.1) is 12.7 Å². The fourth-order valence-electron chi connectivity index (χ4n) is 2.62. The van der Waals surface area contributed by atoms with Crippen LogP contribution in [0.5, 0.6) is 0 Å². The largest absolute Gasteiger partial charge is 0.383 e. The first-order valence-electron chi connectivity index (χ1n) is 7.11. The van der Waals surface area contributed by atoms with Gasteiger partial charge in [-0.15, -0.1) is 0 Å². The average molecular weight is 286 g/mol. The number of aryl methyl sites for hydroxylation is 1. The molecule has 21 heavy (non-hydrogen) atoms. The summed E-state index contributed by atoms with van der Waals surface area (Å²) >= 11 is 0. The highest BCUT2D eigenvalue weighted by molar-refractivity contribution is 5.55. The van der Waals surface area contributed by atoms with Gasteiger partial charge in [-0.05, 0) is 42.8 Å². The second-order valence-corrected chi connectivity index (χ2v) is 5.35. The van der Waals surface area contributed by atoms with E-state index in [1.54, 1.807) is 0 Å². The zero-order valence-corrected chi connectivity index (χ0v) is 12.1. The van der Waals surface area contributed by atoms with E-state index >= 15 is 0 Å². The maximum atomic E-state index is 13.0. The summed E-state index contributed by atoms with van der Waals surface area (Å²) in [6.45, 7) is 5.63. The van der Waals surface area contributed by atoms with E-state index in [4.69, 9.17) is 5.73 Å². The number of anilines is 3. The molecular weight excluding hydrogens is 267 g/mol. The molecule has 1 fully saturated rings. The Balaban J connectivity index is 1.67. The van der Waals surface area contributed by atoms with Crippen LogP contribution in [0.1, 0.15) is 5.56 Å². The Kier molecular flexibility index (Phi) is 3.64. The maximum Gasteiger partial charge on any atom is 0.126 e. The number of pyridine rings is 1. The number of piperazine rings is 1. The van der Waals surface area contributed by atoms with Crippen LogP contribution < -0.4 is 15.5 Å². The number of rotatable bonds is 2. The molecule has 110 valence electrons. The van der Waals surface area contributed by atoms with E-state index in [1.807, 2.05) is 25.3 Å². The molecule has 1 aromatic heterocycles. The third kappa shape index (κ3) is 2.91. The van der Waals surface area contributed by atoms with Crippen molar-refractivity contribution in [3.8, 4) is 0 Å². The van der Waals surface area contributed by atoms with Crippen molar-refractivity contribution in [1.29, 1.82) is 0 Å². The molecule has 2 heterocycles. The minimum absolute atomic E-state index is 0.194. The van der Waals surface area contributed by atoms with E-state index in [9.17, 15) is 4.39 Å². The molecule has 1 aromatic carbocycles. The number of benzene rings is 1. The Hall–Kier alpha value is -2.30. The molecule has 0 radical (unpaired) electrons. The molecule has 4 nitrogen and oxygen atoms in total. The maximum absolute atomic E-state index is 13.0. The molecule has 2 N–H and O–H groups in total. The number of hydrogen-bond acceptors (Lipinski definition) is 4. The summed E-state index contributed by atoms with van der Waals surface area (Å²) in [6.07, 6.45) is 1.83. The van der Waals surface area contributed by atoms with Gasteiger partial charge < -0.3 is 15.5 Å². The van der Waals surface area contributed by atoms with Gasteiger partial charge in [0.25, 0.3) is 0 Å². The minimum atomic E-state index is -0.194. The fourth-order valence-corrected chi connectivity index (χ4v) is 2.62. The van der Waals surface area contributed by atoms with Crippen LogP contribution in [0.2, 0.25) is 0 Å². The number of halogens is 1. The molecule has 1 aliphatic rings. The molecule has 0 saturated carbocycles. The first-order chi connectivity index (χ1) is 10.1. The Morgan fingerprint density at radius 3 is 2.14 bits per heavy atom. The summed E-state index contributed by atoms with van der Waals surface area (Å²) in [6, 6.07) is 8.76. The highest BCUT2D eigenvalue weighted by Gasteiger charge is 2.18. The molecule has 1 aliphatic heterocycles. The zero-order chi connectivity index (χ0) is 14.8. The standard InChI is InChI=1S/C16H19FN4/c1-12-10-15(11-19-16(12)18)21-8-6-20(7-9-21)14-4-2-13(17)3-5-14/h2-5,10-11H,6-9H2,1H3,(H2,18,19). The van der Waals surface area contributed by atoms with Gasteiger partial charge in [-0.3, -0.25) is 0 Å². The molecule has 1 saturated heterocycles. The molecule has 0 amide bonds. The van der Waals surface area contributed by atoms with Crippen molar-refractivity contribution >= 4 is 17.2 Å². The van der Waals surface area contributed by atoms with E-state index in [0.717, 1.165) is 43.1 Å². The van der Waals surface area contributed by atoms with Gasteiger partial charge in [0, 0.05) is 31.9 Å². The Labute approximate surface area is 124 Å². The second-order valence-electron chi connectivity index (χ2n) is 5.35. The van der Waals surface area contributed by atoms with Gasteiger partial charge in [0.1, 0.15) is 11.6 Å². The SMILES string of the molecule is Cc1cc(N2CCN(c3ccc(F)cc3)CC2)cnc1N. The van der Waals surface area contributed by atoms with Crippen molar-refractivity contribution < 1.29 is 4.39 Å². The summed E-state index contributed by atoms with van der Waals surface area (Å²) in [4.78, 5) is 8.80. The molecule has 5 heteroatoms. The van der Waals surface area contributed by atoms with Crippen LogP contribution >= 0.6 is 0 Å². The second kappa shape index (κ2) is 5.60. The summed E-state index contributed by atoms with van der Waals surface area (Å²) in [5.41, 5.74) is 8.95. The normalized spacial score (nSPS) is 15.3. The molecule has 0 aliphatic carbocycles. The highest BCUT2D eigenvalue weighted by Crippen LogP contribution is 2.22. The predicted octanol–water partition coefficient (Wildman–Crippen LogP) is 2.44. The lowest BCUT2D eigenvalue weighted by Gasteiger charge is -2.37. The number of hydrogen-bond donors (Lipinski definition) is 1. The third-order valence-electron chi connectivity index (χ3n) is 3.94. The van der Waals surface area contributed by atoms with Crippen LogP contribution in [0.25, 0.3) is 0 Å². The summed E-state index contributed by atoms with van der Waals surface area (Å²) in [5, 5.41) is 0. The number of aromatic nitrogens is 1. The van der Waals surface area contributed by atoms with Crippen LogP contribution in [0.3, 0.4) is 0 Å². The van der Waals surface area contributed by atoms with Crippen LogP contribution in [0.4, 0.5) is 21.6 Å². The van der Waals surface area contributed by atoms with Crippen molar-refractivity contribution in [1.82, 2.24) is 4.98 Å². The van der Waals surface area contributed by atoms with Gasteiger partial charge in [-0.1, -0.05) is 0 Å². The lowest BCUT2D eigenvalue weighted by molar-refractivity contribution is 0.624. The molecule has 0 spiro atoms. The summed E-state index contributed by atoms with van der Waals surface area (Å²) in [5.74, 6) is 0.393. The van der Waals surface area contributed by atoms with Gasteiger partial charge in [0.05, 0.1) is 11.9 Å². The zero-order valence-electron chi connectivity index (χ0n) is 12.1. The van der Waals surface area contributed by atoms with Gasteiger partial charge >= 0.3 is 0 Å². The van der Waals surface area contributed by atoms with Crippen molar-refractivity contribution in [2.24, 2.45) is 0 Å². The highest BCUT2D eigenvalue weighted by atomic mass is 19.1. The van der Waals surface area contributed by atoms with E-state index in [-0.39, 0.29) is 5.82 Å². The molecule has 2 aromatic rings. The monoisotopic (exact) mass is 286 g/mol. The van der Waals surface area contributed by atoms with Crippen LogP contribution in [-0.4, -0.2) is 31.2 Å². The smallest absolute Gasteiger partial charge is 0.126 e. The summed E-state index contributed by atoms with van der Waals surface area (Å²) < 4.78 is 13.0. The quantitative estimate of drug-likeness (QED) is 0.921. The van der Waals surface area contributed by atoms with Crippen molar-refractivity contribution in [2.75, 3.05) is 41.7 Å². The molecule has 0 atom stereocenters. The molecule has 3 rings (SSSR count). The fraction of sp³-hybridized carbons (Fsp3) is 0.312.